The lowest BCUT2D eigenvalue weighted by Crippen LogP contribution is -2.28. The maximum Gasteiger partial charge on any atom is 0.274 e. The predicted octanol–water partition coefficient (Wildman–Crippen LogP) is 2.31. The second-order valence-electron chi connectivity index (χ2n) is 6.27. The van der Waals surface area contributed by atoms with Crippen LogP contribution >= 0.6 is 0 Å². The Hall–Kier alpha value is -3.49. The highest BCUT2D eigenvalue weighted by Gasteiger charge is 2.21. The molecular formula is C18H19N7O2. The number of hydrogen-bond donors (Lipinski definition) is 1. The molecule has 0 unspecified atom stereocenters. The van der Waals surface area contributed by atoms with E-state index in [1.165, 1.54) is 0 Å². The van der Waals surface area contributed by atoms with Crippen molar-refractivity contribution < 1.29 is 9.32 Å². The molecule has 0 aliphatic heterocycles. The monoisotopic (exact) mass is 365 g/mol. The third-order valence-electron chi connectivity index (χ3n) is 4.57. The van der Waals surface area contributed by atoms with Crippen LogP contribution in [0.3, 0.4) is 0 Å². The molecule has 0 saturated carbocycles. The van der Waals surface area contributed by atoms with E-state index in [0.717, 1.165) is 17.0 Å². The van der Waals surface area contributed by atoms with E-state index in [1.807, 2.05) is 43.8 Å². The number of hydrogen-bond acceptors (Lipinski definition) is 6. The lowest BCUT2D eigenvalue weighted by atomic mass is 10.1. The fourth-order valence-electron chi connectivity index (χ4n) is 2.88. The number of carbonyl (C=O) groups is 1. The number of nitrogens with one attached hydrogen (secondary N) is 1. The second-order valence-corrected chi connectivity index (χ2v) is 6.27. The fourth-order valence-corrected chi connectivity index (χ4v) is 2.88. The molecule has 27 heavy (non-hydrogen) atoms. The van der Waals surface area contributed by atoms with Crippen LogP contribution in [0, 0.1) is 6.92 Å². The third-order valence-corrected chi connectivity index (χ3v) is 4.57. The molecule has 138 valence electrons. The van der Waals surface area contributed by atoms with Gasteiger partial charge in [-0.25, -0.2) is 9.97 Å². The van der Waals surface area contributed by atoms with Gasteiger partial charge in [0.15, 0.2) is 11.5 Å². The Morgan fingerprint density at radius 2 is 2.26 bits per heavy atom. The van der Waals surface area contributed by atoms with Gasteiger partial charge < -0.3 is 9.84 Å². The average molecular weight is 365 g/mol. The Morgan fingerprint density at radius 1 is 1.41 bits per heavy atom. The van der Waals surface area contributed by atoms with Crippen molar-refractivity contribution in [1.29, 1.82) is 0 Å². The van der Waals surface area contributed by atoms with Gasteiger partial charge in [-0.15, -0.1) is 0 Å². The lowest BCUT2D eigenvalue weighted by molar-refractivity contribution is 0.0925. The Bertz CT molecular complexity index is 1080. The normalized spacial score (nSPS) is 12.4. The molecule has 4 heterocycles. The van der Waals surface area contributed by atoms with Crippen molar-refractivity contribution in [2.75, 3.05) is 0 Å². The summed E-state index contributed by atoms with van der Waals surface area (Å²) in [5.74, 6) is 0.787. The zero-order valence-corrected chi connectivity index (χ0v) is 15.2. The van der Waals surface area contributed by atoms with Crippen LogP contribution < -0.4 is 5.32 Å². The summed E-state index contributed by atoms with van der Waals surface area (Å²) < 4.78 is 8.90. The van der Waals surface area contributed by atoms with Gasteiger partial charge in [0, 0.05) is 37.4 Å². The molecule has 0 aromatic carbocycles. The fraction of sp³-hybridized carbons (Fsp3) is 0.278. The average Bonchev–Trinajstić information content (AvgIpc) is 3.39. The number of aromatic nitrogens is 6. The first-order chi connectivity index (χ1) is 13.1. The molecule has 0 aliphatic rings. The van der Waals surface area contributed by atoms with Gasteiger partial charge in [-0.05, 0) is 19.4 Å². The number of rotatable bonds is 5. The van der Waals surface area contributed by atoms with Crippen LogP contribution in [0.15, 0.2) is 41.4 Å². The highest BCUT2D eigenvalue weighted by atomic mass is 16.5. The summed E-state index contributed by atoms with van der Waals surface area (Å²) in [4.78, 5) is 21.3. The summed E-state index contributed by atoms with van der Waals surface area (Å²) in [5.41, 5.74) is 2.70. The molecule has 1 atom stereocenters. The summed E-state index contributed by atoms with van der Waals surface area (Å²) in [6.45, 7) is 3.91. The highest BCUT2D eigenvalue weighted by Crippen LogP contribution is 2.24. The molecular weight excluding hydrogens is 346 g/mol. The highest BCUT2D eigenvalue weighted by molar-refractivity contribution is 5.93. The zero-order chi connectivity index (χ0) is 19.0. The van der Waals surface area contributed by atoms with Crippen molar-refractivity contribution in [2.24, 2.45) is 7.05 Å². The van der Waals surface area contributed by atoms with Crippen LogP contribution in [0.5, 0.6) is 0 Å². The van der Waals surface area contributed by atoms with Crippen molar-refractivity contribution in [1.82, 2.24) is 34.6 Å². The maximum absolute atomic E-state index is 12.6. The minimum atomic E-state index is -0.316. The van der Waals surface area contributed by atoms with Gasteiger partial charge in [-0.1, -0.05) is 12.1 Å². The SMILES string of the molecule is CC[C@@H](NC(=O)c1cc(-c2cnn(C)c2C)on1)c1cn2cccnc2n1. The Morgan fingerprint density at radius 3 is 2.96 bits per heavy atom. The molecule has 0 saturated heterocycles. The minimum absolute atomic E-state index is 0.216. The van der Waals surface area contributed by atoms with Gasteiger partial charge in [0.1, 0.15) is 0 Å². The van der Waals surface area contributed by atoms with Gasteiger partial charge in [0.25, 0.3) is 5.91 Å². The first kappa shape index (κ1) is 17.0. The standard InChI is InChI=1S/C18H19N7O2/c1-4-13(15-10-25-7-5-6-19-18(25)22-15)21-17(26)14-8-16(27-23-14)12-9-20-24(3)11(12)2/h5-10,13H,4H2,1-3H3,(H,21,26)/t13-/m1/s1. The number of imidazole rings is 1. The molecule has 9 nitrogen and oxygen atoms in total. The molecule has 1 N–H and O–H groups in total. The molecule has 9 heteroatoms. The van der Waals surface area contributed by atoms with Crippen molar-refractivity contribution in [3.63, 3.8) is 0 Å². The van der Waals surface area contributed by atoms with E-state index in [9.17, 15) is 4.79 Å². The predicted molar refractivity (Wildman–Crippen MR) is 96.9 cm³/mol. The molecule has 4 aromatic heterocycles. The van der Waals surface area contributed by atoms with Gasteiger partial charge in [-0.2, -0.15) is 5.10 Å². The van der Waals surface area contributed by atoms with E-state index in [-0.39, 0.29) is 17.6 Å². The summed E-state index contributed by atoms with van der Waals surface area (Å²) in [7, 11) is 1.85. The van der Waals surface area contributed by atoms with Gasteiger partial charge in [-0.3, -0.25) is 13.9 Å². The molecule has 0 bridgehead atoms. The van der Waals surface area contributed by atoms with Crippen LogP contribution in [-0.2, 0) is 7.05 Å². The van der Waals surface area contributed by atoms with Gasteiger partial charge in [0.05, 0.1) is 23.5 Å². The summed E-state index contributed by atoms with van der Waals surface area (Å²) in [6.07, 6.45) is 7.79. The van der Waals surface area contributed by atoms with E-state index in [1.54, 1.807) is 23.1 Å². The molecule has 1 amide bonds. The minimum Gasteiger partial charge on any atom is -0.355 e. The summed E-state index contributed by atoms with van der Waals surface area (Å²) in [6, 6.07) is 3.20. The smallest absolute Gasteiger partial charge is 0.274 e. The maximum atomic E-state index is 12.6. The van der Waals surface area contributed by atoms with Crippen LogP contribution in [-0.4, -0.2) is 35.2 Å². The second kappa shape index (κ2) is 6.67. The summed E-state index contributed by atoms with van der Waals surface area (Å²) >= 11 is 0. The number of amides is 1. The lowest BCUT2D eigenvalue weighted by Gasteiger charge is -2.13. The molecule has 0 aliphatic carbocycles. The van der Waals surface area contributed by atoms with Crippen LogP contribution in [0.2, 0.25) is 0 Å². The van der Waals surface area contributed by atoms with Crippen molar-refractivity contribution in [3.8, 4) is 11.3 Å². The van der Waals surface area contributed by atoms with Crippen molar-refractivity contribution in [2.45, 2.75) is 26.3 Å². The molecule has 0 radical (unpaired) electrons. The molecule has 0 fully saturated rings. The quantitative estimate of drug-likeness (QED) is 0.582. The Balaban J connectivity index is 1.55. The molecule has 0 spiro atoms. The molecule has 4 aromatic rings. The van der Waals surface area contributed by atoms with E-state index in [4.69, 9.17) is 4.52 Å². The van der Waals surface area contributed by atoms with Crippen molar-refractivity contribution >= 4 is 11.7 Å². The number of carbonyl (C=O) groups excluding carboxylic acids is 1. The Labute approximate surface area is 155 Å². The molecule has 4 rings (SSSR count). The van der Waals surface area contributed by atoms with Crippen LogP contribution in [0.4, 0.5) is 0 Å². The number of nitrogens with zero attached hydrogens (tertiary/aromatic N) is 6. The topological polar surface area (TPSA) is 103 Å². The van der Waals surface area contributed by atoms with E-state index in [0.29, 0.717) is 18.0 Å². The zero-order valence-electron chi connectivity index (χ0n) is 15.2. The van der Waals surface area contributed by atoms with Gasteiger partial charge in [0.2, 0.25) is 5.78 Å². The van der Waals surface area contributed by atoms with E-state index < -0.39 is 0 Å². The third kappa shape index (κ3) is 3.07. The largest absolute Gasteiger partial charge is 0.355 e. The van der Waals surface area contributed by atoms with Crippen LogP contribution in [0.1, 0.15) is 41.3 Å². The van der Waals surface area contributed by atoms with Gasteiger partial charge >= 0.3 is 0 Å². The first-order valence-corrected chi connectivity index (χ1v) is 8.63. The van der Waals surface area contributed by atoms with Crippen LogP contribution in [0.25, 0.3) is 17.1 Å². The van der Waals surface area contributed by atoms with E-state index >= 15 is 0 Å². The Kier molecular flexibility index (Phi) is 4.19. The van der Waals surface area contributed by atoms with E-state index in [2.05, 4.69) is 25.5 Å². The number of aryl methyl sites for hydroxylation is 1. The number of fused-ring (bicyclic) bond motifs is 1. The first-order valence-electron chi connectivity index (χ1n) is 8.63. The van der Waals surface area contributed by atoms with Crippen molar-refractivity contribution in [3.05, 3.63) is 54.0 Å². The summed E-state index contributed by atoms with van der Waals surface area (Å²) in [5, 5.41) is 11.0.